The first-order chi connectivity index (χ1) is 9.75. The number of aromatic carboxylic acids is 1. The predicted molar refractivity (Wildman–Crippen MR) is 80.3 cm³/mol. The average Bonchev–Trinajstić information content (AvgIpc) is 2.97. The summed E-state index contributed by atoms with van der Waals surface area (Å²) in [5.74, 6) is -0.252. The lowest BCUT2D eigenvalue weighted by Crippen LogP contribution is -2.04. The molecule has 2 heterocycles. The van der Waals surface area contributed by atoms with E-state index < -0.39 is 5.97 Å². The molecule has 1 aromatic carbocycles. The molecule has 2 aromatic heterocycles. The van der Waals surface area contributed by atoms with Gasteiger partial charge in [0.1, 0.15) is 5.82 Å². The molecule has 0 saturated heterocycles. The molecule has 0 radical (unpaired) electrons. The van der Waals surface area contributed by atoms with Gasteiger partial charge in [0.15, 0.2) is 0 Å². The smallest absolute Gasteiger partial charge is 0.337 e. The third-order valence-electron chi connectivity index (χ3n) is 3.04. The highest BCUT2D eigenvalue weighted by molar-refractivity contribution is 7.09. The molecule has 0 spiro atoms. The second-order valence-electron chi connectivity index (χ2n) is 4.30. The molecule has 2 N–H and O–H groups in total. The van der Waals surface area contributed by atoms with Crippen molar-refractivity contribution in [3.05, 3.63) is 58.4 Å². The van der Waals surface area contributed by atoms with Crippen molar-refractivity contribution in [1.29, 1.82) is 0 Å². The Balaban J connectivity index is 1.99. The summed E-state index contributed by atoms with van der Waals surface area (Å²) in [5, 5.41) is 16.0. The fourth-order valence-electron chi connectivity index (χ4n) is 2.09. The van der Waals surface area contributed by atoms with Gasteiger partial charge < -0.3 is 10.4 Å². The Morgan fingerprint density at radius 3 is 2.70 bits per heavy atom. The van der Waals surface area contributed by atoms with Crippen LogP contribution in [0.2, 0.25) is 0 Å². The van der Waals surface area contributed by atoms with Gasteiger partial charge in [0.2, 0.25) is 0 Å². The summed E-state index contributed by atoms with van der Waals surface area (Å²) in [4.78, 5) is 16.7. The van der Waals surface area contributed by atoms with E-state index in [1.165, 1.54) is 11.1 Å². The van der Waals surface area contributed by atoms with Crippen molar-refractivity contribution in [1.82, 2.24) is 4.98 Å². The molecule has 3 aromatic rings. The lowest BCUT2D eigenvalue weighted by Gasteiger charge is -2.09. The second-order valence-corrected chi connectivity index (χ2v) is 5.34. The normalized spacial score (nSPS) is 10.6. The molecule has 0 aliphatic rings. The van der Waals surface area contributed by atoms with E-state index in [0.717, 1.165) is 5.39 Å². The molecular formula is C15H12N2O2S. The molecule has 0 aliphatic carbocycles. The standard InChI is InChI=1S/C15H12N2O2S/c18-15(19)13-9-17-14(12-6-2-1-5-11(12)13)16-8-10-4-3-7-20-10/h1-7,9H,8H2,(H,16,17)(H,18,19). The Morgan fingerprint density at radius 2 is 2.00 bits per heavy atom. The zero-order valence-electron chi connectivity index (χ0n) is 10.5. The van der Waals surface area contributed by atoms with Crippen LogP contribution in [0.3, 0.4) is 0 Å². The molecule has 0 fully saturated rings. The highest BCUT2D eigenvalue weighted by Crippen LogP contribution is 2.25. The maximum absolute atomic E-state index is 11.2. The number of nitrogens with zero attached hydrogens (tertiary/aromatic N) is 1. The maximum Gasteiger partial charge on any atom is 0.337 e. The lowest BCUT2D eigenvalue weighted by molar-refractivity contribution is 0.0698. The highest BCUT2D eigenvalue weighted by Gasteiger charge is 2.11. The van der Waals surface area contributed by atoms with E-state index in [0.29, 0.717) is 17.7 Å². The number of thiophene rings is 1. The van der Waals surface area contributed by atoms with Crippen molar-refractivity contribution < 1.29 is 9.90 Å². The van der Waals surface area contributed by atoms with Gasteiger partial charge in [-0.15, -0.1) is 11.3 Å². The molecule has 100 valence electrons. The van der Waals surface area contributed by atoms with Crippen LogP contribution >= 0.6 is 11.3 Å². The van der Waals surface area contributed by atoms with Crippen LogP contribution in [0.15, 0.2) is 48.0 Å². The maximum atomic E-state index is 11.2. The van der Waals surface area contributed by atoms with Crippen molar-refractivity contribution in [2.75, 3.05) is 5.32 Å². The highest BCUT2D eigenvalue weighted by atomic mass is 32.1. The van der Waals surface area contributed by atoms with Crippen molar-refractivity contribution >= 4 is 33.9 Å². The molecule has 3 rings (SSSR count). The zero-order valence-corrected chi connectivity index (χ0v) is 11.4. The third-order valence-corrected chi connectivity index (χ3v) is 3.91. The molecule has 0 amide bonds. The first-order valence-electron chi connectivity index (χ1n) is 6.13. The monoisotopic (exact) mass is 284 g/mol. The number of nitrogens with one attached hydrogen (secondary N) is 1. The van der Waals surface area contributed by atoms with Crippen molar-refractivity contribution in [3.63, 3.8) is 0 Å². The third kappa shape index (κ3) is 2.35. The van der Waals surface area contributed by atoms with Gasteiger partial charge in [-0.2, -0.15) is 0 Å². The van der Waals surface area contributed by atoms with Crippen molar-refractivity contribution in [3.8, 4) is 0 Å². The fraction of sp³-hybridized carbons (Fsp3) is 0.0667. The van der Waals surface area contributed by atoms with Gasteiger partial charge in [-0.1, -0.05) is 30.3 Å². The van der Waals surface area contributed by atoms with Gasteiger partial charge in [0, 0.05) is 21.8 Å². The van der Waals surface area contributed by atoms with E-state index in [2.05, 4.69) is 10.3 Å². The van der Waals surface area contributed by atoms with E-state index in [1.54, 1.807) is 17.4 Å². The Labute approximate surface area is 119 Å². The average molecular weight is 284 g/mol. The minimum absolute atomic E-state index is 0.224. The molecule has 0 bridgehead atoms. The van der Waals surface area contributed by atoms with Crippen LogP contribution < -0.4 is 5.32 Å². The number of carboxylic acids is 1. The van der Waals surface area contributed by atoms with Gasteiger partial charge in [0.05, 0.1) is 12.1 Å². The van der Waals surface area contributed by atoms with E-state index in [-0.39, 0.29) is 5.56 Å². The van der Waals surface area contributed by atoms with Gasteiger partial charge in [0.25, 0.3) is 0 Å². The molecule has 0 unspecified atom stereocenters. The Bertz CT molecular complexity index is 754. The summed E-state index contributed by atoms with van der Waals surface area (Å²) in [5.41, 5.74) is 0.224. The Kier molecular flexibility index (Phi) is 3.35. The van der Waals surface area contributed by atoms with E-state index in [1.807, 2.05) is 35.7 Å². The first-order valence-corrected chi connectivity index (χ1v) is 7.01. The molecule has 0 atom stereocenters. The Hall–Kier alpha value is -2.40. The number of pyridine rings is 1. The minimum Gasteiger partial charge on any atom is -0.478 e. The summed E-state index contributed by atoms with van der Waals surface area (Å²) in [7, 11) is 0. The van der Waals surface area contributed by atoms with Gasteiger partial charge >= 0.3 is 5.97 Å². The van der Waals surface area contributed by atoms with E-state index >= 15 is 0 Å². The zero-order chi connectivity index (χ0) is 13.9. The number of hydrogen-bond acceptors (Lipinski definition) is 4. The van der Waals surface area contributed by atoms with Crippen molar-refractivity contribution in [2.45, 2.75) is 6.54 Å². The number of benzene rings is 1. The quantitative estimate of drug-likeness (QED) is 0.768. The van der Waals surface area contributed by atoms with E-state index in [4.69, 9.17) is 0 Å². The molecule has 0 saturated carbocycles. The number of rotatable bonds is 4. The van der Waals surface area contributed by atoms with Crippen LogP contribution in [0.25, 0.3) is 10.8 Å². The molecule has 5 heteroatoms. The fourth-order valence-corrected chi connectivity index (χ4v) is 2.73. The number of fused-ring (bicyclic) bond motifs is 1. The summed E-state index contributed by atoms with van der Waals surface area (Å²) >= 11 is 1.67. The van der Waals surface area contributed by atoms with Gasteiger partial charge in [-0.3, -0.25) is 0 Å². The number of hydrogen-bond donors (Lipinski definition) is 2. The summed E-state index contributed by atoms with van der Waals surface area (Å²) < 4.78 is 0. The summed E-state index contributed by atoms with van der Waals surface area (Å²) in [6.45, 7) is 0.682. The molecule has 4 nitrogen and oxygen atoms in total. The van der Waals surface area contributed by atoms with Crippen LogP contribution in [0.4, 0.5) is 5.82 Å². The van der Waals surface area contributed by atoms with Crippen LogP contribution in [-0.4, -0.2) is 16.1 Å². The lowest BCUT2D eigenvalue weighted by atomic mass is 10.1. The van der Waals surface area contributed by atoms with Crippen molar-refractivity contribution in [2.24, 2.45) is 0 Å². The number of carbonyl (C=O) groups is 1. The van der Waals surface area contributed by atoms with Crippen LogP contribution in [0.5, 0.6) is 0 Å². The molecule has 20 heavy (non-hydrogen) atoms. The van der Waals surface area contributed by atoms with Crippen LogP contribution in [0, 0.1) is 0 Å². The topological polar surface area (TPSA) is 62.2 Å². The van der Waals surface area contributed by atoms with Gasteiger partial charge in [-0.05, 0) is 11.4 Å². The van der Waals surface area contributed by atoms with E-state index in [9.17, 15) is 9.90 Å². The molecule has 0 aliphatic heterocycles. The van der Waals surface area contributed by atoms with Crippen LogP contribution in [0.1, 0.15) is 15.2 Å². The summed E-state index contributed by atoms with van der Waals surface area (Å²) in [6.07, 6.45) is 1.40. The summed E-state index contributed by atoms with van der Waals surface area (Å²) in [6, 6.07) is 11.4. The largest absolute Gasteiger partial charge is 0.478 e. The molecular weight excluding hydrogens is 272 g/mol. The number of aromatic nitrogens is 1. The van der Waals surface area contributed by atoms with Crippen LogP contribution in [-0.2, 0) is 6.54 Å². The second kappa shape index (κ2) is 5.30. The Morgan fingerprint density at radius 1 is 1.20 bits per heavy atom. The first kappa shape index (κ1) is 12.6. The minimum atomic E-state index is -0.960. The number of anilines is 1. The van der Waals surface area contributed by atoms with Gasteiger partial charge in [-0.25, -0.2) is 9.78 Å². The number of carboxylic acid groups (broad SMARTS) is 1. The predicted octanol–water partition coefficient (Wildman–Crippen LogP) is 3.61. The SMILES string of the molecule is O=C(O)c1cnc(NCc2cccs2)c2ccccc12.